The molecule has 52 valence electrons. The number of nitriles is 1. The van der Waals surface area contributed by atoms with Gasteiger partial charge in [0.1, 0.15) is 23.0 Å². The zero-order chi connectivity index (χ0) is 7.56. The molecule has 0 aliphatic carbocycles. The Morgan fingerprint density at radius 2 is 2.60 bits per heavy atom. The van der Waals surface area contributed by atoms with Crippen molar-refractivity contribution in [1.29, 1.82) is 5.26 Å². The van der Waals surface area contributed by atoms with Crippen LogP contribution in [-0.4, -0.2) is 12.5 Å². The van der Waals surface area contributed by atoms with E-state index in [4.69, 9.17) is 22.6 Å². The van der Waals surface area contributed by atoms with Crippen molar-refractivity contribution in [1.82, 2.24) is 5.32 Å². The number of nitrogens with two attached hydrogens (primary N) is 1. The Bertz CT molecular complexity index is 237. The molecule has 1 aliphatic rings. The summed E-state index contributed by atoms with van der Waals surface area (Å²) < 4.78 is 0. The predicted molar refractivity (Wildman–Crippen MR) is 38.1 cm³/mol. The molecule has 1 heterocycles. The molecule has 0 amide bonds. The van der Waals surface area contributed by atoms with Crippen LogP contribution < -0.4 is 11.1 Å². The molecule has 1 atom stereocenters. The van der Waals surface area contributed by atoms with E-state index < -0.39 is 6.17 Å². The first-order valence-electron chi connectivity index (χ1n) is 2.59. The van der Waals surface area contributed by atoms with Crippen molar-refractivity contribution in [2.45, 2.75) is 6.17 Å². The van der Waals surface area contributed by atoms with E-state index in [1.54, 1.807) is 0 Å². The van der Waals surface area contributed by atoms with Gasteiger partial charge in [0.15, 0.2) is 0 Å². The fourth-order valence-electron chi connectivity index (χ4n) is 0.572. The molecule has 4 nitrogen and oxygen atoms in total. The summed E-state index contributed by atoms with van der Waals surface area (Å²) in [7, 11) is 0. The van der Waals surface area contributed by atoms with Crippen LogP contribution in [0.3, 0.4) is 0 Å². The molecule has 0 aromatic carbocycles. The minimum absolute atomic E-state index is 0.255. The van der Waals surface area contributed by atoms with Crippen LogP contribution in [0.2, 0.25) is 0 Å². The van der Waals surface area contributed by atoms with Crippen molar-refractivity contribution in [3.05, 3.63) is 10.7 Å². The molecule has 0 saturated carbocycles. The standard InChI is InChI=1S/C5H5ClN4/c6-4-3(1-7)5(8)10-2-9-4/h2,5H,8H2,(H,9,10). The van der Waals surface area contributed by atoms with E-state index >= 15 is 0 Å². The van der Waals surface area contributed by atoms with Crippen LogP contribution in [0, 0.1) is 11.3 Å². The fourth-order valence-corrected chi connectivity index (χ4v) is 0.774. The first kappa shape index (κ1) is 7.06. The van der Waals surface area contributed by atoms with Gasteiger partial charge < -0.3 is 11.1 Å². The highest BCUT2D eigenvalue weighted by Gasteiger charge is 2.14. The fraction of sp³-hybridized carbons (Fsp3) is 0.200. The third-order valence-corrected chi connectivity index (χ3v) is 1.39. The van der Waals surface area contributed by atoms with Crippen molar-refractivity contribution >= 4 is 17.9 Å². The Labute approximate surface area is 63.0 Å². The second-order valence-electron chi connectivity index (χ2n) is 1.71. The minimum Gasteiger partial charge on any atom is -0.336 e. The number of aliphatic imine (C=N–C) groups is 1. The van der Waals surface area contributed by atoms with Crippen LogP contribution >= 0.6 is 11.6 Å². The second kappa shape index (κ2) is 2.69. The summed E-state index contributed by atoms with van der Waals surface area (Å²) in [6.07, 6.45) is 0.757. The lowest BCUT2D eigenvalue weighted by atomic mass is 10.2. The quantitative estimate of drug-likeness (QED) is 0.480. The number of nitrogens with zero attached hydrogens (tertiary/aromatic N) is 2. The van der Waals surface area contributed by atoms with Crippen LogP contribution in [-0.2, 0) is 0 Å². The summed E-state index contributed by atoms with van der Waals surface area (Å²) in [6, 6.07) is 1.85. The predicted octanol–water partition coefficient (Wildman–Crippen LogP) is -0.123. The lowest BCUT2D eigenvalue weighted by Gasteiger charge is -2.11. The Balaban J connectivity index is 2.92. The molecule has 0 aromatic rings. The summed E-state index contributed by atoms with van der Waals surface area (Å²) >= 11 is 5.55. The zero-order valence-electron chi connectivity index (χ0n) is 5.00. The molecule has 1 aliphatic heterocycles. The third-order valence-electron chi connectivity index (χ3n) is 1.08. The molecule has 3 N–H and O–H groups in total. The maximum Gasteiger partial charge on any atom is 0.137 e. The highest BCUT2D eigenvalue weighted by molar-refractivity contribution is 6.30. The molecule has 1 unspecified atom stereocenters. The van der Waals surface area contributed by atoms with Gasteiger partial charge in [0.2, 0.25) is 0 Å². The number of hydrogen-bond donors (Lipinski definition) is 2. The van der Waals surface area contributed by atoms with Crippen molar-refractivity contribution < 1.29 is 0 Å². The van der Waals surface area contributed by atoms with Gasteiger partial charge >= 0.3 is 0 Å². The first-order valence-corrected chi connectivity index (χ1v) is 2.97. The van der Waals surface area contributed by atoms with Crippen LogP contribution in [0.4, 0.5) is 0 Å². The lowest BCUT2D eigenvalue weighted by Crippen LogP contribution is -2.28. The average molecular weight is 157 g/mol. The zero-order valence-corrected chi connectivity index (χ0v) is 5.76. The van der Waals surface area contributed by atoms with Crippen molar-refractivity contribution in [2.24, 2.45) is 10.7 Å². The minimum atomic E-state index is -0.612. The Morgan fingerprint density at radius 3 is 3.00 bits per heavy atom. The van der Waals surface area contributed by atoms with Crippen molar-refractivity contribution in [3.63, 3.8) is 0 Å². The van der Waals surface area contributed by atoms with Gasteiger partial charge in [-0.25, -0.2) is 0 Å². The summed E-state index contributed by atoms with van der Waals surface area (Å²) in [5.41, 5.74) is 5.64. The number of hydrogen-bond acceptors (Lipinski definition) is 4. The highest BCUT2D eigenvalue weighted by Crippen LogP contribution is 2.11. The Kier molecular flexibility index (Phi) is 1.90. The molecule has 5 heteroatoms. The molecule has 0 radical (unpaired) electrons. The number of nitrogens with one attached hydrogen (secondary N) is 1. The van der Waals surface area contributed by atoms with E-state index in [1.807, 2.05) is 6.07 Å². The summed E-state index contributed by atoms with van der Waals surface area (Å²) in [5.74, 6) is 0. The summed E-state index contributed by atoms with van der Waals surface area (Å²) in [4.78, 5) is 3.71. The maximum atomic E-state index is 8.45. The molecular weight excluding hydrogens is 152 g/mol. The van der Waals surface area contributed by atoms with Gasteiger partial charge in [-0.15, -0.1) is 0 Å². The topological polar surface area (TPSA) is 74.2 Å². The normalized spacial score (nSPS) is 23.9. The van der Waals surface area contributed by atoms with E-state index in [0.717, 1.165) is 0 Å². The van der Waals surface area contributed by atoms with E-state index in [1.165, 1.54) is 6.34 Å². The van der Waals surface area contributed by atoms with Crippen molar-refractivity contribution in [2.75, 3.05) is 0 Å². The molecule has 0 spiro atoms. The van der Waals surface area contributed by atoms with E-state index in [-0.39, 0.29) is 10.7 Å². The lowest BCUT2D eigenvalue weighted by molar-refractivity contribution is 0.814. The molecule has 0 bridgehead atoms. The van der Waals surface area contributed by atoms with E-state index in [0.29, 0.717) is 0 Å². The summed E-state index contributed by atoms with van der Waals surface area (Å²) in [6.45, 7) is 0. The van der Waals surface area contributed by atoms with Crippen LogP contribution in [0.15, 0.2) is 15.7 Å². The number of halogens is 1. The maximum absolute atomic E-state index is 8.45. The van der Waals surface area contributed by atoms with Gasteiger partial charge in [-0.3, -0.25) is 4.99 Å². The van der Waals surface area contributed by atoms with E-state index in [9.17, 15) is 0 Å². The van der Waals surface area contributed by atoms with Gasteiger partial charge in [0, 0.05) is 0 Å². The van der Waals surface area contributed by atoms with Crippen LogP contribution in [0.25, 0.3) is 0 Å². The molecule has 10 heavy (non-hydrogen) atoms. The molecule has 1 rings (SSSR count). The highest BCUT2D eigenvalue weighted by atomic mass is 35.5. The van der Waals surface area contributed by atoms with Gasteiger partial charge in [-0.05, 0) is 0 Å². The smallest absolute Gasteiger partial charge is 0.137 e. The van der Waals surface area contributed by atoms with Crippen molar-refractivity contribution in [3.8, 4) is 6.07 Å². The second-order valence-corrected chi connectivity index (χ2v) is 2.08. The molecule has 0 aromatic heterocycles. The van der Waals surface area contributed by atoms with Gasteiger partial charge in [-0.1, -0.05) is 11.6 Å². The number of rotatable bonds is 0. The first-order chi connectivity index (χ1) is 4.75. The van der Waals surface area contributed by atoms with E-state index in [2.05, 4.69) is 10.3 Å². The average Bonchev–Trinajstić information content (AvgIpc) is 1.88. The third kappa shape index (κ3) is 1.10. The molecular formula is C5H5ClN4. The Morgan fingerprint density at radius 1 is 1.90 bits per heavy atom. The van der Waals surface area contributed by atoms with Gasteiger partial charge in [-0.2, -0.15) is 5.26 Å². The monoisotopic (exact) mass is 156 g/mol. The molecule has 0 fully saturated rings. The Hall–Kier alpha value is -1.05. The molecule has 0 saturated heterocycles. The van der Waals surface area contributed by atoms with Gasteiger partial charge in [0.05, 0.1) is 6.34 Å². The SMILES string of the molecule is N#CC1=C(Cl)NC=NC1N. The van der Waals surface area contributed by atoms with Crippen LogP contribution in [0.1, 0.15) is 0 Å². The van der Waals surface area contributed by atoms with Gasteiger partial charge in [0.25, 0.3) is 0 Å². The van der Waals surface area contributed by atoms with Crippen LogP contribution in [0.5, 0.6) is 0 Å². The summed E-state index contributed by atoms with van der Waals surface area (Å²) in [5, 5.41) is 11.3. The largest absolute Gasteiger partial charge is 0.336 e.